The van der Waals surface area contributed by atoms with Crippen molar-refractivity contribution in [2.45, 2.75) is 38.6 Å². The number of fused-ring (bicyclic) bond motifs is 1. The van der Waals surface area contributed by atoms with Gasteiger partial charge in [0.15, 0.2) is 0 Å². The summed E-state index contributed by atoms with van der Waals surface area (Å²) < 4.78 is 0. The molecular formula is C21H26N2O. The van der Waals surface area contributed by atoms with Gasteiger partial charge in [0.1, 0.15) is 0 Å². The van der Waals surface area contributed by atoms with Crippen molar-refractivity contribution in [2.24, 2.45) is 0 Å². The van der Waals surface area contributed by atoms with Gasteiger partial charge in [0.05, 0.1) is 5.41 Å². The van der Waals surface area contributed by atoms with Gasteiger partial charge < -0.3 is 10.6 Å². The molecule has 0 fully saturated rings. The predicted octanol–water partition coefficient (Wildman–Crippen LogP) is 3.28. The number of rotatable bonds is 4. The minimum absolute atomic E-state index is 0.0659. The molecule has 1 aliphatic heterocycles. The molecule has 3 heteroatoms. The van der Waals surface area contributed by atoms with Crippen LogP contribution in [-0.2, 0) is 16.6 Å². The molecule has 0 radical (unpaired) electrons. The van der Waals surface area contributed by atoms with Gasteiger partial charge in [-0.3, -0.25) is 4.79 Å². The topological polar surface area (TPSA) is 41.1 Å². The molecule has 1 heterocycles. The van der Waals surface area contributed by atoms with E-state index in [4.69, 9.17) is 0 Å². The van der Waals surface area contributed by atoms with Crippen LogP contribution in [0, 0.1) is 6.92 Å². The molecule has 0 saturated carbocycles. The first kappa shape index (κ1) is 16.7. The fraction of sp³-hybridized carbons (Fsp3) is 0.381. The normalized spacial score (nSPS) is 17.2. The molecule has 1 atom stereocenters. The average Bonchev–Trinajstić information content (AvgIpc) is 2.60. The molecule has 0 aromatic heterocycles. The Kier molecular flexibility index (Phi) is 4.72. The van der Waals surface area contributed by atoms with Crippen molar-refractivity contribution < 1.29 is 4.79 Å². The van der Waals surface area contributed by atoms with Crippen molar-refractivity contribution in [3.05, 3.63) is 70.8 Å². The molecule has 0 spiro atoms. The number of amides is 1. The number of carbonyl (C=O) groups excluding carboxylic acids is 1. The van der Waals surface area contributed by atoms with E-state index in [0.29, 0.717) is 6.54 Å². The zero-order valence-corrected chi connectivity index (χ0v) is 14.7. The number of hydrogen-bond donors (Lipinski definition) is 2. The Bertz CT molecular complexity index is 719. The summed E-state index contributed by atoms with van der Waals surface area (Å²) in [5.74, 6) is 0.0659. The molecule has 1 aliphatic rings. The summed E-state index contributed by atoms with van der Waals surface area (Å²) in [5, 5.41) is 6.66. The molecule has 0 aliphatic carbocycles. The lowest BCUT2D eigenvalue weighted by molar-refractivity contribution is -0.125. The quantitative estimate of drug-likeness (QED) is 0.907. The molecule has 3 nitrogen and oxygen atoms in total. The highest BCUT2D eigenvalue weighted by atomic mass is 16.2. The maximum atomic E-state index is 12.8. The van der Waals surface area contributed by atoms with Gasteiger partial charge in [0, 0.05) is 12.6 Å². The molecular weight excluding hydrogens is 296 g/mol. The SMILES string of the molecule is Cc1ccc(C(C)(C)C(=O)NCC2NCCc3ccccc32)cc1. The van der Waals surface area contributed by atoms with E-state index in [2.05, 4.69) is 54.0 Å². The van der Waals surface area contributed by atoms with E-state index in [-0.39, 0.29) is 11.9 Å². The van der Waals surface area contributed by atoms with Gasteiger partial charge in [-0.1, -0.05) is 54.1 Å². The fourth-order valence-corrected chi connectivity index (χ4v) is 3.29. The van der Waals surface area contributed by atoms with E-state index in [0.717, 1.165) is 18.5 Å². The lowest BCUT2D eigenvalue weighted by atomic mass is 9.83. The second kappa shape index (κ2) is 6.78. The van der Waals surface area contributed by atoms with Crippen molar-refractivity contribution in [3.8, 4) is 0 Å². The summed E-state index contributed by atoms with van der Waals surface area (Å²) in [5.41, 5.74) is 4.40. The molecule has 1 unspecified atom stereocenters. The second-order valence-corrected chi connectivity index (χ2v) is 7.16. The van der Waals surface area contributed by atoms with Gasteiger partial charge in [-0.05, 0) is 50.4 Å². The Hall–Kier alpha value is -2.13. The van der Waals surface area contributed by atoms with Crippen LogP contribution in [0.2, 0.25) is 0 Å². The van der Waals surface area contributed by atoms with E-state index in [9.17, 15) is 4.79 Å². The highest BCUT2D eigenvalue weighted by Gasteiger charge is 2.30. The van der Waals surface area contributed by atoms with Gasteiger partial charge in [-0.2, -0.15) is 0 Å². The number of benzene rings is 2. The van der Waals surface area contributed by atoms with Crippen LogP contribution < -0.4 is 10.6 Å². The first-order valence-corrected chi connectivity index (χ1v) is 8.65. The summed E-state index contributed by atoms with van der Waals surface area (Å²) in [4.78, 5) is 12.8. The molecule has 126 valence electrons. The number of carbonyl (C=O) groups is 1. The molecule has 2 N–H and O–H groups in total. The highest BCUT2D eigenvalue weighted by molar-refractivity contribution is 5.87. The van der Waals surface area contributed by atoms with Crippen LogP contribution in [0.15, 0.2) is 48.5 Å². The Labute approximate surface area is 144 Å². The Morgan fingerprint density at radius 2 is 1.88 bits per heavy atom. The van der Waals surface area contributed by atoms with E-state index in [1.807, 2.05) is 26.0 Å². The Morgan fingerprint density at radius 3 is 2.62 bits per heavy atom. The smallest absolute Gasteiger partial charge is 0.230 e. The minimum atomic E-state index is -0.540. The third-order valence-corrected chi connectivity index (χ3v) is 5.02. The van der Waals surface area contributed by atoms with E-state index >= 15 is 0 Å². The van der Waals surface area contributed by atoms with Gasteiger partial charge in [-0.25, -0.2) is 0 Å². The lowest BCUT2D eigenvalue weighted by Crippen LogP contribution is -2.45. The third-order valence-electron chi connectivity index (χ3n) is 5.02. The monoisotopic (exact) mass is 322 g/mol. The van der Waals surface area contributed by atoms with Crippen LogP contribution in [0.1, 0.15) is 42.1 Å². The van der Waals surface area contributed by atoms with Crippen LogP contribution in [-0.4, -0.2) is 19.0 Å². The Morgan fingerprint density at radius 1 is 1.17 bits per heavy atom. The van der Waals surface area contributed by atoms with Crippen LogP contribution in [0.4, 0.5) is 0 Å². The van der Waals surface area contributed by atoms with Crippen LogP contribution in [0.5, 0.6) is 0 Å². The van der Waals surface area contributed by atoms with Gasteiger partial charge in [0.2, 0.25) is 5.91 Å². The lowest BCUT2D eigenvalue weighted by Gasteiger charge is -2.29. The Balaban J connectivity index is 1.68. The zero-order valence-electron chi connectivity index (χ0n) is 14.7. The second-order valence-electron chi connectivity index (χ2n) is 7.16. The number of nitrogens with one attached hydrogen (secondary N) is 2. The average molecular weight is 322 g/mol. The fourth-order valence-electron chi connectivity index (χ4n) is 3.29. The molecule has 24 heavy (non-hydrogen) atoms. The van der Waals surface area contributed by atoms with E-state index in [1.54, 1.807) is 0 Å². The summed E-state index contributed by atoms with van der Waals surface area (Å²) >= 11 is 0. The van der Waals surface area contributed by atoms with Gasteiger partial charge in [-0.15, -0.1) is 0 Å². The highest BCUT2D eigenvalue weighted by Crippen LogP contribution is 2.25. The molecule has 2 aromatic rings. The first-order valence-electron chi connectivity index (χ1n) is 8.65. The minimum Gasteiger partial charge on any atom is -0.353 e. The van der Waals surface area contributed by atoms with Crippen LogP contribution >= 0.6 is 0 Å². The summed E-state index contributed by atoms with van der Waals surface area (Å²) in [6.45, 7) is 7.59. The summed E-state index contributed by atoms with van der Waals surface area (Å²) in [6, 6.07) is 16.9. The maximum Gasteiger partial charge on any atom is 0.230 e. The molecule has 0 bridgehead atoms. The van der Waals surface area contributed by atoms with Crippen molar-refractivity contribution in [1.82, 2.24) is 10.6 Å². The van der Waals surface area contributed by atoms with Crippen molar-refractivity contribution in [3.63, 3.8) is 0 Å². The van der Waals surface area contributed by atoms with Crippen molar-refractivity contribution in [1.29, 1.82) is 0 Å². The first-order chi connectivity index (χ1) is 11.5. The van der Waals surface area contributed by atoms with E-state index < -0.39 is 5.41 Å². The summed E-state index contributed by atoms with van der Waals surface area (Å²) in [7, 11) is 0. The van der Waals surface area contributed by atoms with Crippen molar-refractivity contribution in [2.75, 3.05) is 13.1 Å². The van der Waals surface area contributed by atoms with Crippen LogP contribution in [0.3, 0.4) is 0 Å². The van der Waals surface area contributed by atoms with Crippen LogP contribution in [0.25, 0.3) is 0 Å². The van der Waals surface area contributed by atoms with E-state index in [1.165, 1.54) is 16.7 Å². The predicted molar refractivity (Wildman–Crippen MR) is 98.1 cm³/mol. The number of aryl methyl sites for hydroxylation is 1. The third kappa shape index (κ3) is 3.36. The van der Waals surface area contributed by atoms with Gasteiger partial charge in [0.25, 0.3) is 0 Å². The number of hydrogen-bond acceptors (Lipinski definition) is 2. The summed E-state index contributed by atoms with van der Waals surface area (Å²) in [6.07, 6.45) is 1.05. The molecule has 3 rings (SSSR count). The standard InChI is InChI=1S/C21H26N2O/c1-15-8-10-17(11-9-15)21(2,3)20(24)23-14-19-18-7-5-4-6-16(18)12-13-22-19/h4-11,19,22H,12-14H2,1-3H3,(H,23,24). The molecule has 0 saturated heterocycles. The zero-order chi connectivity index (χ0) is 17.2. The maximum absolute atomic E-state index is 12.8. The molecule has 1 amide bonds. The molecule has 2 aromatic carbocycles. The van der Waals surface area contributed by atoms with Crippen molar-refractivity contribution >= 4 is 5.91 Å². The largest absolute Gasteiger partial charge is 0.353 e. The van der Waals surface area contributed by atoms with Gasteiger partial charge >= 0.3 is 0 Å².